The van der Waals surface area contributed by atoms with E-state index in [0.717, 1.165) is 11.7 Å². The maximum atomic E-state index is 11.4. The first-order valence-electron chi connectivity index (χ1n) is 6.52. The zero-order valence-electron chi connectivity index (χ0n) is 11.9. The molecule has 0 saturated carbocycles. The second-order valence-electron chi connectivity index (χ2n) is 4.83. The third-order valence-corrected chi connectivity index (χ3v) is 4.48. The summed E-state index contributed by atoms with van der Waals surface area (Å²) in [5, 5.41) is 2.81. The van der Waals surface area contributed by atoms with Crippen LogP contribution in [-0.4, -0.2) is 24.0 Å². The average molecular weight is 287 g/mol. The molecule has 0 aliphatic heterocycles. The van der Waals surface area contributed by atoms with Gasteiger partial charge in [0.1, 0.15) is 0 Å². The van der Waals surface area contributed by atoms with Crippen molar-refractivity contribution in [3.8, 4) is 11.8 Å². The predicted octanol–water partition coefficient (Wildman–Crippen LogP) is 3.58. The summed E-state index contributed by atoms with van der Waals surface area (Å²) in [6.07, 6.45) is 1.83. The molecule has 0 atom stereocenters. The predicted molar refractivity (Wildman–Crippen MR) is 84.6 cm³/mol. The molecule has 104 valence electrons. The van der Waals surface area contributed by atoms with Gasteiger partial charge in [-0.15, -0.1) is 0 Å². The quantitative estimate of drug-likeness (QED) is 0.420. The summed E-state index contributed by atoms with van der Waals surface area (Å²) in [5.41, 5.74) is 0. The molecular weight excluding hydrogens is 262 g/mol. The van der Waals surface area contributed by atoms with Gasteiger partial charge in [0, 0.05) is 23.8 Å². The van der Waals surface area contributed by atoms with Crippen molar-refractivity contribution in [3.63, 3.8) is 0 Å². The Bertz CT molecular complexity index is 279. The van der Waals surface area contributed by atoms with Gasteiger partial charge in [-0.2, -0.15) is 0 Å². The van der Waals surface area contributed by atoms with Crippen LogP contribution >= 0.6 is 21.6 Å². The summed E-state index contributed by atoms with van der Waals surface area (Å²) in [5.74, 6) is 9.25. The summed E-state index contributed by atoms with van der Waals surface area (Å²) >= 11 is 0. The van der Waals surface area contributed by atoms with Crippen LogP contribution in [0.5, 0.6) is 0 Å². The molecule has 0 rings (SSSR count). The van der Waals surface area contributed by atoms with Gasteiger partial charge in [-0.25, -0.2) is 0 Å². The van der Waals surface area contributed by atoms with Gasteiger partial charge in [-0.3, -0.25) is 4.79 Å². The lowest BCUT2D eigenvalue weighted by atomic mass is 10.2. The first kappa shape index (κ1) is 17.7. The Morgan fingerprint density at radius 3 is 2.44 bits per heavy atom. The van der Waals surface area contributed by atoms with E-state index in [1.165, 1.54) is 12.2 Å². The highest BCUT2D eigenvalue weighted by Crippen LogP contribution is 2.23. The van der Waals surface area contributed by atoms with Crippen molar-refractivity contribution in [3.05, 3.63) is 0 Å². The van der Waals surface area contributed by atoms with Gasteiger partial charge in [0.25, 0.3) is 0 Å². The minimum atomic E-state index is 0.102. The summed E-state index contributed by atoms with van der Waals surface area (Å²) in [6.45, 7) is 9.02. The van der Waals surface area contributed by atoms with E-state index in [4.69, 9.17) is 0 Å². The highest BCUT2D eigenvalue weighted by Gasteiger charge is 2.00. The van der Waals surface area contributed by atoms with Crippen molar-refractivity contribution >= 4 is 27.5 Å². The molecule has 0 spiro atoms. The Morgan fingerprint density at radius 2 is 1.83 bits per heavy atom. The molecule has 4 heteroatoms. The number of nitrogens with one attached hydrogen (secondary N) is 1. The van der Waals surface area contributed by atoms with Crippen LogP contribution < -0.4 is 5.32 Å². The molecule has 0 aliphatic carbocycles. The minimum absolute atomic E-state index is 0.102. The molecule has 18 heavy (non-hydrogen) atoms. The van der Waals surface area contributed by atoms with Crippen molar-refractivity contribution in [2.45, 2.75) is 40.5 Å². The molecule has 0 aliphatic rings. The van der Waals surface area contributed by atoms with Gasteiger partial charge in [-0.05, 0) is 12.3 Å². The van der Waals surface area contributed by atoms with Gasteiger partial charge in [0.05, 0.1) is 6.54 Å². The molecule has 0 radical (unpaired) electrons. The summed E-state index contributed by atoms with van der Waals surface area (Å²) in [7, 11) is 3.65. The molecular formula is C14H25NOS2. The first-order valence-corrected chi connectivity index (χ1v) is 9.00. The van der Waals surface area contributed by atoms with Gasteiger partial charge < -0.3 is 5.32 Å². The second-order valence-corrected chi connectivity index (χ2v) is 7.53. The second kappa shape index (κ2) is 11.8. The monoisotopic (exact) mass is 287 g/mol. The Labute approximate surface area is 120 Å². The van der Waals surface area contributed by atoms with Crippen LogP contribution in [0.4, 0.5) is 0 Å². The fourth-order valence-electron chi connectivity index (χ4n) is 1.02. The van der Waals surface area contributed by atoms with Gasteiger partial charge in [0.15, 0.2) is 0 Å². The molecule has 0 aromatic heterocycles. The zero-order chi connectivity index (χ0) is 13.8. The topological polar surface area (TPSA) is 29.1 Å². The molecule has 0 fully saturated rings. The van der Waals surface area contributed by atoms with Crippen molar-refractivity contribution in [2.75, 3.05) is 18.1 Å². The number of hydrogen-bond acceptors (Lipinski definition) is 3. The molecule has 1 amide bonds. The highest BCUT2D eigenvalue weighted by atomic mass is 33.1. The summed E-state index contributed by atoms with van der Waals surface area (Å²) < 4.78 is 0. The number of carbonyl (C=O) groups excluding carboxylic acids is 1. The normalized spacial score (nSPS) is 10.3. The number of rotatable bonds is 8. The minimum Gasteiger partial charge on any atom is -0.345 e. The summed E-state index contributed by atoms with van der Waals surface area (Å²) in [6, 6.07) is 0. The van der Waals surface area contributed by atoms with E-state index in [1.54, 1.807) is 10.8 Å². The van der Waals surface area contributed by atoms with Crippen molar-refractivity contribution in [1.29, 1.82) is 0 Å². The van der Waals surface area contributed by atoms with Crippen LogP contribution in [0.1, 0.15) is 40.5 Å². The van der Waals surface area contributed by atoms with Crippen LogP contribution in [0.15, 0.2) is 0 Å². The summed E-state index contributed by atoms with van der Waals surface area (Å²) in [4.78, 5) is 11.4. The maximum Gasteiger partial charge on any atom is 0.221 e. The SMILES string of the molecule is CC(C)C#CCNC(=O)CCSSCCC(C)C. The molecule has 0 aromatic rings. The lowest BCUT2D eigenvalue weighted by molar-refractivity contribution is -0.120. The van der Waals surface area contributed by atoms with E-state index >= 15 is 0 Å². The van der Waals surface area contributed by atoms with E-state index in [2.05, 4.69) is 31.0 Å². The van der Waals surface area contributed by atoms with Crippen LogP contribution in [0, 0.1) is 23.7 Å². The molecule has 0 aromatic carbocycles. The molecule has 0 heterocycles. The third-order valence-electron chi connectivity index (χ3n) is 2.04. The standard InChI is InChI=1S/C14H25NOS2/c1-12(2)6-5-9-15-14(16)8-11-18-17-10-7-13(3)4/h12-13H,7-11H2,1-4H3,(H,15,16). The molecule has 0 bridgehead atoms. The molecule has 1 N–H and O–H groups in total. The Morgan fingerprint density at radius 1 is 1.17 bits per heavy atom. The van der Waals surface area contributed by atoms with E-state index in [1.807, 2.05) is 24.6 Å². The zero-order valence-corrected chi connectivity index (χ0v) is 13.5. The Balaban J connectivity index is 3.36. The number of hydrogen-bond donors (Lipinski definition) is 1. The largest absolute Gasteiger partial charge is 0.345 e. The fourth-order valence-corrected chi connectivity index (χ4v) is 3.34. The van der Waals surface area contributed by atoms with E-state index in [-0.39, 0.29) is 5.91 Å². The van der Waals surface area contributed by atoms with Gasteiger partial charge in [-0.1, -0.05) is 61.1 Å². The van der Waals surface area contributed by atoms with Crippen molar-refractivity contribution < 1.29 is 4.79 Å². The average Bonchev–Trinajstić information content (AvgIpc) is 2.28. The van der Waals surface area contributed by atoms with Crippen molar-refractivity contribution in [2.24, 2.45) is 11.8 Å². The van der Waals surface area contributed by atoms with Crippen LogP contribution in [-0.2, 0) is 4.79 Å². The Kier molecular flexibility index (Phi) is 11.6. The highest BCUT2D eigenvalue weighted by molar-refractivity contribution is 8.76. The third kappa shape index (κ3) is 13.8. The van der Waals surface area contributed by atoms with Crippen LogP contribution in [0.2, 0.25) is 0 Å². The number of carbonyl (C=O) groups is 1. The lowest BCUT2D eigenvalue weighted by Crippen LogP contribution is -2.23. The molecule has 0 saturated heterocycles. The smallest absolute Gasteiger partial charge is 0.221 e. The fraction of sp³-hybridized carbons (Fsp3) is 0.786. The van der Waals surface area contributed by atoms with Gasteiger partial charge in [0.2, 0.25) is 5.91 Å². The lowest BCUT2D eigenvalue weighted by Gasteiger charge is -2.04. The van der Waals surface area contributed by atoms with Crippen LogP contribution in [0.25, 0.3) is 0 Å². The van der Waals surface area contributed by atoms with Crippen molar-refractivity contribution in [1.82, 2.24) is 5.32 Å². The van der Waals surface area contributed by atoms with E-state index < -0.39 is 0 Å². The molecule has 2 nitrogen and oxygen atoms in total. The molecule has 0 unspecified atom stereocenters. The maximum absolute atomic E-state index is 11.4. The van der Waals surface area contributed by atoms with E-state index in [0.29, 0.717) is 18.9 Å². The number of amides is 1. The Hall–Kier alpha value is -0.270. The van der Waals surface area contributed by atoms with Gasteiger partial charge >= 0.3 is 0 Å². The van der Waals surface area contributed by atoms with Crippen LogP contribution in [0.3, 0.4) is 0 Å². The van der Waals surface area contributed by atoms with E-state index in [9.17, 15) is 4.79 Å². The first-order chi connectivity index (χ1) is 8.52.